The molecule has 1 aromatic carbocycles. The third-order valence-corrected chi connectivity index (χ3v) is 4.19. The first-order valence-electron chi connectivity index (χ1n) is 6.04. The Kier molecular flexibility index (Phi) is 4.50. The largest absolute Gasteiger partial charge is 0.294 e. The fourth-order valence-electron chi connectivity index (χ4n) is 1.82. The number of hydrogen-bond acceptors (Lipinski definition) is 2. The fraction of sp³-hybridized carbons (Fsp3) is 0.214. The van der Waals surface area contributed by atoms with Crippen LogP contribution in [0.25, 0.3) is 16.2 Å². The maximum absolute atomic E-state index is 6.02. The van der Waals surface area contributed by atoms with Crippen LogP contribution in [0.2, 0.25) is 10.0 Å². The van der Waals surface area contributed by atoms with Crippen molar-refractivity contribution in [3.8, 4) is 11.3 Å². The summed E-state index contributed by atoms with van der Waals surface area (Å²) in [6.07, 6.45) is 2.02. The van der Waals surface area contributed by atoms with Crippen LogP contribution in [-0.4, -0.2) is 9.38 Å². The van der Waals surface area contributed by atoms with Gasteiger partial charge in [-0.15, -0.1) is 11.3 Å². The van der Waals surface area contributed by atoms with E-state index in [1.165, 1.54) is 0 Å². The molecule has 0 amide bonds. The summed E-state index contributed by atoms with van der Waals surface area (Å²) in [5.41, 5.74) is 3.06. The summed E-state index contributed by atoms with van der Waals surface area (Å²) in [6, 6.07) is 5.59. The zero-order chi connectivity index (χ0) is 14.0. The van der Waals surface area contributed by atoms with Gasteiger partial charge in [0.2, 0.25) is 0 Å². The number of fused-ring (bicyclic) bond motifs is 1. The van der Waals surface area contributed by atoms with Gasteiger partial charge in [0.05, 0.1) is 15.7 Å². The highest BCUT2D eigenvalue weighted by atomic mass is 35.5. The van der Waals surface area contributed by atoms with Gasteiger partial charge in [-0.25, -0.2) is 4.98 Å². The number of nitrogens with zero attached hydrogens (tertiary/aromatic N) is 2. The number of imidazole rings is 1. The molecule has 0 bridgehead atoms. The zero-order valence-electron chi connectivity index (χ0n) is 10.9. The third kappa shape index (κ3) is 2.64. The summed E-state index contributed by atoms with van der Waals surface area (Å²) in [5, 5.41) is 3.14. The Bertz CT molecular complexity index is 701. The molecule has 0 aliphatic rings. The van der Waals surface area contributed by atoms with Gasteiger partial charge in [-0.05, 0) is 19.1 Å². The number of hydrogen-bond donors (Lipinski definition) is 0. The zero-order valence-corrected chi connectivity index (χ0v) is 13.3. The molecule has 19 heavy (non-hydrogen) atoms. The molecule has 3 rings (SSSR count). The van der Waals surface area contributed by atoms with Crippen molar-refractivity contribution in [2.45, 2.75) is 20.8 Å². The molecule has 0 N–H and O–H groups in total. The third-order valence-electron chi connectivity index (χ3n) is 2.69. The van der Waals surface area contributed by atoms with Crippen LogP contribution >= 0.6 is 34.5 Å². The van der Waals surface area contributed by atoms with Crippen LogP contribution < -0.4 is 0 Å². The van der Waals surface area contributed by atoms with Gasteiger partial charge in [-0.2, -0.15) is 0 Å². The maximum atomic E-state index is 6.02. The van der Waals surface area contributed by atoms with Gasteiger partial charge >= 0.3 is 0 Å². The number of benzene rings is 1. The Morgan fingerprint density at radius 2 is 1.89 bits per heavy atom. The van der Waals surface area contributed by atoms with E-state index in [2.05, 4.69) is 9.38 Å². The van der Waals surface area contributed by atoms with Gasteiger partial charge in [0.1, 0.15) is 0 Å². The van der Waals surface area contributed by atoms with Crippen LogP contribution in [0.3, 0.4) is 0 Å². The van der Waals surface area contributed by atoms with Crippen molar-refractivity contribution in [2.24, 2.45) is 0 Å². The maximum Gasteiger partial charge on any atom is 0.194 e. The number of halogens is 2. The van der Waals surface area contributed by atoms with E-state index in [0.717, 1.165) is 21.9 Å². The second kappa shape index (κ2) is 5.95. The molecule has 3 aromatic rings. The molecular weight excluding hydrogens is 299 g/mol. The number of rotatable bonds is 1. The minimum atomic E-state index is 0.555. The predicted molar refractivity (Wildman–Crippen MR) is 84.6 cm³/mol. The van der Waals surface area contributed by atoms with E-state index in [1.54, 1.807) is 17.4 Å². The van der Waals surface area contributed by atoms with Gasteiger partial charge < -0.3 is 0 Å². The lowest BCUT2D eigenvalue weighted by atomic mass is 10.1. The Hall–Kier alpha value is -1.03. The minimum Gasteiger partial charge on any atom is -0.294 e. The Morgan fingerprint density at radius 3 is 2.53 bits per heavy atom. The van der Waals surface area contributed by atoms with E-state index in [4.69, 9.17) is 23.2 Å². The lowest BCUT2D eigenvalue weighted by Gasteiger charge is -2.01. The highest BCUT2D eigenvalue weighted by molar-refractivity contribution is 7.15. The van der Waals surface area contributed by atoms with Crippen LogP contribution in [0.4, 0.5) is 0 Å². The fourth-order valence-corrected chi connectivity index (χ4v) is 2.87. The first-order chi connectivity index (χ1) is 9.16. The van der Waals surface area contributed by atoms with Gasteiger partial charge in [0.15, 0.2) is 4.96 Å². The molecule has 5 heteroatoms. The van der Waals surface area contributed by atoms with Gasteiger partial charge in [0.25, 0.3) is 0 Å². The summed E-state index contributed by atoms with van der Waals surface area (Å²) >= 11 is 13.6. The predicted octanol–water partition coefficient (Wildman–Crippen LogP) is 5.70. The minimum absolute atomic E-state index is 0.555. The normalized spacial score (nSPS) is 10.4. The van der Waals surface area contributed by atoms with Crippen molar-refractivity contribution in [1.82, 2.24) is 9.38 Å². The summed E-state index contributed by atoms with van der Waals surface area (Å²) in [5.74, 6) is 0. The smallest absolute Gasteiger partial charge is 0.194 e. The van der Waals surface area contributed by atoms with Crippen molar-refractivity contribution in [2.75, 3.05) is 0 Å². The van der Waals surface area contributed by atoms with Crippen molar-refractivity contribution in [3.63, 3.8) is 0 Å². The van der Waals surface area contributed by atoms with E-state index < -0.39 is 0 Å². The van der Waals surface area contributed by atoms with Crippen LogP contribution in [0, 0.1) is 6.92 Å². The first kappa shape index (κ1) is 14.4. The Balaban J connectivity index is 0.000000637. The van der Waals surface area contributed by atoms with Gasteiger partial charge in [-0.3, -0.25) is 4.40 Å². The number of aryl methyl sites for hydroxylation is 1. The Labute approximate surface area is 126 Å². The second-order valence-corrected chi connectivity index (χ2v) is 5.42. The summed E-state index contributed by atoms with van der Waals surface area (Å²) < 4.78 is 2.07. The van der Waals surface area contributed by atoms with Gasteiger partial charge in [-0.1, -0.05) is 43.1 Å². The summed E-state index contributed by atoms with van der Waals surface area (Å²) in [4.78, 5) is 5.58. The SMILES string of the molecule is CC.Cc1c(-c2ccc(Cl)c(Cl)c2)nc2sccn12. The second-order valence-electron chi connectivity index (χ2n) is 3.73. The van der Waals surface area contributed by atoms with Crippen molar-refractivity contribution in [3.05, 3.63) is 45.5 Å². The van der Waals surface area contributed by atoms with Crippen molar-refractivity contribution in [1.29, 1.82) is 0 Å². The lowest BCUT2D eigenvalue weighted by molar-refractivity contribution is 1.14. The van der Waals surface area contributed by atoms with E-state index >= 15 is 0 Å². The molecule has 0 atom stereocenters. The molecule has 0 aliphatic heterocycles. The molecule has 2 heterocycles. The highest BCUT2D eigenvalue weighted by Crippen LogP contribution is 2.30. The number of thiazole rings is 1. The first-order valence-corrected chi connectivity index (χ1v) is 7.68. The molecule has 2 aromatic heterocycles. The van der Waals surface area contributed by atoms with Crippen LogP contribution in [0.1, 0.15) is 19.5 Å². The van der Waals surface area contributed by atoms with Crippen LogP contribution in [0.15, 0.2) is 29.8 Å². The van der Waals surface area contributed by atoms with E-state index in [1.807, 2.05) is 44.5 Å². The summed E-state index contributed by atoms with van der Waals surface area (Å²) in [7, 11) is 0. The monoisotopic (exact) mass is 312 g/mol. The summed E-state index contributed by atoms with van der Waals surface area (Å²) in [6.45, 7) is 6.05. The highest BCUT2D eigenvalue weighted by Gasteiger charge is 2.12. The Morgan fingerprint density at radius 1 is 1.16 bits per heavy atom. The van der Waals surface area contributed by atoms with Crippen molar-refractivity contribution < 1.29 is 0 Å². The number of aromatic nitrogens is 2. The topological polar surface area (TPSA) is 17.3 Å². The lowest BCUT2D eigenvalue weighted by Crippen LogP contribution is -1.84. The molecule has 100 valence electrons. The molecule has 0 unspecified atom stereocenters. The van der Waals surface area contributed by atoms with E-state index in [-0.39, 0.29) is 0 Å². The average Bonchev–Trinajstić information content (AvgIpc) is 2.99. The molecule has 2 nitrogen and oxygen atoms in total. The average molecular weight is 313 g/mol. The molecule has 0 fully saturated rings. The van der Waals surface area contributed by atoms with E-state index in [0.29, 0.717) is 10.0 Å². The molecule has 0 spiro atoms. The van der Waals surface area contributed by atoms with Crippen LogP contribution in [0.5, 0.6) is 0 Å². The molecule has 0 saturated carbocycles. The molecule has 0 saturated heterocycles. The standard InChI is InChI=1S/C12H8Cl2N2S.C2H6/c1-7-11(15-12-16(7)4-5-17-12)8-2-3-9(13)10(14)6-8;1-2/h2-6H,1H3;1-2H3. The molecule has 0 radical (unpaired) electrons. The quantitative estimate of drug-likeness (QED) is 0.563. The van der Waals surface area contributed by atoms with Crippen molar-refractivity contribution >= 4 is 39.5 Å². The van der Waals surface area contributed by atoms with Gasteiger partial charge in [0, 0.05) is 22.8 Å². The van der Waals surface area contributed by atoms with E-state index in [9.17, 15) is 0 Å². The molecule has 0 aliphatic carbocycles. The van der Waals surface area contributed by atoms with Crippen LogP contribution in [-0.2, 0) is 0 Å². The molecular formula is C14H14Cl2N2S.